The van der Waals surface area contributed by atoms with Gasteiger partial charge in [0.1, 0.15) is 0 Å². The van der Waals surface area contributed by atoms with Crippen LogP contribution in [0.5, 0.6) is 0 Å². The predicted octanol–water partition coefficient (Wildman–Crippen LogP) is 3.94. The first-order valence-corrected chi connectivity index (χ1v) is 6.75. The molecule has 1 atom stereocenters. The molecule has 2 nitrogen and oxygen atoms in total. The molecule has 3 heteroatoms. The van der Waals surface area contributed by atoms with Crippen LogP contribution in [0, 0.1) is 0 Å². The van der Waals surface area contributed by atoms with Gasteiger partial charge < -0.3 is 10.6 Å². The SMILES string of the molecule is CCCCCC(C)NC(=S)Nc1ccccc1. The number of hydrogen-bond acceptors (Lipinski definition) is 1. The number of rotatable bonds is 6. The summed E-state index contributed by atoms with van der Waals surface area (Å²) in [4.78, 5) is 0. The predicted molar refractivity (Wildman–Crippen MR) is 79.4 cm³/mol. The average Bonchev–Trinajstić information content (AvgIpc) is 2.30. The minimum Gasteiger partial charge on any atom is -0.360 e. The molecule has 0 spiro atoms. The van der Waals surface area contributed by atoms with Gasteiger partial charge in [0.2, 0.25) is 0 Å². The highest BCUT2D eigenvalue weighted by atomic mass is 32.1. The Morgan fingerprint density at radius 1 is 1.24 bits per heavy atom. The molecule has 0 heterocycles. The van der Waals surface area contributed by atoms with Crippen LogP contribution in [-0.2, 0) is 0 Å². The summed E-state index contributed by atoms with van der Waals surface area (Å²) in [5, 5.41) is 7.20. The van der Waals surface area contributed by atoms with E-state index in [4.69, 9.17) is 12.2 Å². The van der Waals surface area contributed by atoms with Crippen LogP contribution in [0.25, 0.3) is 0 Å². The molecule has 0 fully saturated rings. The third-order valence-corrected chi connectivity index (χ3v) is 2.87. The van der Waals surface area contributed by atoms with Crippen molar-refractivity contribution in [1.82, 2.24) is 5.32 Å². The van der Waals surface area contributed by atoms with E-state index in [1.807, 2.05) is 30.3 Å². The molecule has 1 unspecified atom stereocenters. The Hall–Kier alpha value is -1.09. The molecule has 0 aromatic heterocycles. The summed E-state index contributed by atoms with van der Waals surface area (Å²) in [5.41, 5.74) is 1.03. The second-order valence-electron chi connectivity index (χ2n) is 4.36. The monoisotopic (exact) mass is 250 g/mol. The zero-order valence-corrected chi connectivity index (χ0v) is 11.5. The number of thiocarbonyl (C=S) groups is 1. The number of unbranched alkanes of at least 4 members (excludes halogenated alkanes) is 2. The van der Waals surface area contributed by atoms with Crippen molar-refractivity contribution in [2.75, 3.05) is 5.32 Å². The summed E-state index contributed by atoms with van der Waals surface area (Å²) in [6, 6.07) is 10.4. The molecule has 1 aromatic carbocycles. The Balaban J connectivity index is 2.25. The molecule has 0 aliphatic heterocycles. The molecule has 94 valence electrons. The molecule has 1 aromatic rings. The lowest BCUT2D eigenvalue weighted by molar-refractivity contribution is 0.556. The number of anilines is 1. The first kappa shape index (κ1) is 14.0. The topological polar surface area (TPSA) is 24.1 Å². The summed E-state index contributed by atoms with van der Waals surface area (Å²) in [6.45, 7) is 4.40. The number of hydrogen-bond donors (Lipinski definition) is 2. The molecule has 0 saturated heterocycles. The number of benzene rings is 1. The van der Waals surface area contributed by atoms with Gasteiger partial charge in [-0.05, 0) is 37.7 Å². The van der Waals surface area contributed by atoms with Gasteiger partial charge in [0.05, 0.1) is 0 Å². The Morgan fingerprint density at radius 2 is 1.94 bits per heavy atom. The molecule has 0 saturated carbocycles. The first-order chi connectivity index (χ1) is 8.22. The van der Waals surface area contributed by atoms with Gasteiger partial charge in [0.15, 0.2) is 5.11 Å². The summed E-state index contributed by atoms with van der Waals surface area (Å²) in [5.74, 6) is 0. The van der Waals surface area contributed by atoms with Crippen LogP contribution in [0.15, 0.2) is 30.3 Å². The second kappa shape index (κ2) is 8.07. The maximum absolute atomic E-state index is 5.27. The fraction of sp³-hybridized carbons (Fsp3) is 0.500. The van der Waals surface area contributed by atoms with E-state index < -0.39 is 0 Å². The standard InChI is InChI=1S/C14H22N2S/c1-3-4-6-9-12(2)15-14(17)16-13-10-7-5-8-11-13/h5,7-8,10-12H,3-4,6,9H2,1-2H3,(H2,15,16,17). The van der Waals surface area contributed by atoms with E-state index in [0.717, 1.165) is 5.69 Å². The lowest BCUT2D eigenvalue weighted by Gasteiger charge is -2.16. The van der Waals surface area contributed by atoms with Crippen molar-refractivity contribution in [3.05, 3.63) is 30.3 Å². The van der Waals surface area contributed by atoms with Gasteiger partial charge in [-0.15, -0.1) is 0 Å². The quantitative estimate of drug-likeness (QED) is 0.590. The fourth-order valence-corrected chi connectivity index (χ4v) is 2.00. The average molecular weight is 250 g/mol. The summed E-state index contributed by atoms with van der Waals surface area (Å²) in [6.07, 6.45) is 4.99. The van der Waals surface area contributed by atoms with E-state index in [9.17, 15) is 0 Å². The van der Waals surface area contributed by atoms with Crippen LogP contribution < -0.4 is 10.6 Å². The minimum atomic E-state index is 0.435. The molecule has 0 amide bonds. The normalized spacial score (nSPS) is 11.9. The van der Waals surface area contributed by atoms with Gasteiger partial charge in [-0.1, -0.05) is 44.4 Å². The largest absolute Gasteiger partial charge is 0.360 e. The van der Waals surface area contributed by atoms with E-state index in [-0.39, 0.29) is 0 Å². The van der Waals surface area contributed by atoms with Gasteiger partial charge >= 0.3 is 0 Å². The lowest BCUT2D eigenvalue weighted by atomic mass is 10.1. The highest BCUT2D eigenvalue weighted by Crippen LogP contribution is 2.06. The fourth-order valence-electron chi connectivity index (χ4n) is 1.69. The van der Waals surface area contributed by atoms with Crippen LogP contribution in [0.1, 0.15) is 39.5 Å². The number of nitrogens with one attached hydrogen (secondary N) is 2. The summed E-state index contributed by atoms with van der Waals surface area (Å²) >= 11 is 5.27. The van der Waals surface area contributed by atoms with Crippen molar-refractivity contribution in [1.29, 1.82) is 0 Å². The minimum absolute atomic E-state index is 0.435. The molecule has 2 N–H and O–H groups in total. The lowest BCUT2D eigenvalue weighted by Crippen LogP contribution is -2.35. The Kier molecular flexibility index (Phi) is 6.63. The highest BCUT2D eigenvalue weighted by Gasteiger charge is 2.03. The Morgan fingerprint density at radius 3 is 2.59 bits per heavy atom. The van der Waals surface area contributed by atoms with E-state index in [0.29, 0.717) is 11.2 Å². The zero-order valence-electron chi connectivity index (χ0n) is 10.7. The second-order valence-corrected chi connectivity index (χ2v) is 4.77. The van der Waals surface area contributed by atoms with Gasteiger partial charge in [-0.3, -0.25) is 0 Å². The maximum Gasteiger partial charge on any atom is 0.170 e. The van der Waals surface area contributed by atoms with E-state index in [1.54, 1.807) is 0 Å². The van der Waals surface area contributed by atoms with E-state index in [1.165, 1.54) is 25.7 Å². The highest BCUT2D eigenvalue weighted by molar-refractivity contribution is 7.80. The van der Waals surface area contributed by atoms with Crippen molar-refractivity contribution in [3.63, 3.8) is 0 Å². The Bertz CT molecular complexity index is 324. The zero-order chi connectivity index (χ0) is 12.5. The summed E-state index contributed by atoms with van der Waals surface area (Å²) < 4.78 is 0. The number of para-hydroxylation sites is 1. The molecule has 0 aliphatic rings. The van der Waals surface area contributed by atoms with E-state index >= 15 is 0 Å². The van der Waals surface area contributed by atoms with Crippen LogP contribution in [0.2, 0.25) is 0 Å². The molecule has 0 radical (unpaired) electrons. The molecule has 0 bridgehead atoms. The van der Waals surface area contributed by atoms with Crippen LogP contribution >= 0.6 is 12.2 Å². The summed E-state index contributed by atoms with van der Waals surface area (Å²) in [7, 11) is 0. The smallest absolute Gasteiger partial charge is 0.170 e. The first-order valence-electron chi connectivity index (χ1n) is 6.35. The van der Waals surface area contributed by atoms with Crippen molar-refractivity contribution >= 4 is 23.0 Å². The van der Waals surface area contributed by atoms with Crippen molar-refractivity contribution in [2.45, 2.75) is 45.6 Å². The maximum atomic E-state index is 5.27. The van der Waals surface area contributed by atoms with Gasteiger partial charge in [-0.2, -0.15) is 0 Å². The molecule has 1 rings (SSSR count). The molecule has 17 heavy (non-hydrogen) atoms. The van der Waals surface area contributed by atoms with Crippen molar-refractivity contribution in [2.24, 2.45) is 0 Å². The molecule has 0 aliphatic carbocycles. The third-order valence-electron chi connectivity index (χ3n) is 2.65. The Labute approximate surface area is 110 Å². The van der Waals surface area contributed by atoms with Gasteiger partial charge in [-0.25, -0.2) is 0 Å². The van der Waals surface area contributed by atoms with Crippen molar-refractivity contribution < 1.29 is 0 Å². The van der Waals surface area contributed by atoms with Crippen molar-refractivity contribution in [3.8, 4) is 0 Å². The van der Waals surface area contributed by atoms with Crippen LogP contribution in [0.4, 0.5) is 5.69 Å². The van der Waals surface area contributed by atoms with Gasteiger partial charge in [0.25, 0.3) is 0 Å². The van der Waals surface area contributed by atoms with Gasteiger partial charge in [0, 0.05) is 11.7 Å². The third kappa shape index (κ3) is 6.27. The van der Waals surface area contributed by atoms with E-state index in [2.05, 4.69) is 24.5 Å². The molecular formula is C14H22N2S. The van der Waals surface area contributed by atoms with Crippen LogP contribution in [0.3, 0.4) is 0 Å². The van der Waals surface area contributed by atoms with Crippen LogP contribution in [-0.4, -0.2) is 11.2 Å². The molecular weight excluding hydrogens is 228 g/mol.